The molecule has 31 heavy (non-hydrogen) atoms. The predicted molar refractivity (Wildman–Crippen MR) is 130 cm³/mol. The molecule has 0 bridgehead atoms. The lowest BCUT2D eigenvalue weighted by molar-refractivity contribution is 0.408. The highest BCUT2D eigenvalue weighted by Gasteiger charge is 2.23. The monoisotopic (exact) mass is 442 g/mol. The zero-order chi connectivity index (χ0) is 21.5. The van der Waals surface area contributed by atoms with Crippen LogP contribution in [0.2, 0.25) is 0 Å². The van der Waals surface area contributed by atoms with Crippen LogP contribution in [0, 0.1) is 0 Å². The first kappa shape index (κ1) is 21.7. The number of rotatable bonds is 7. The molecule has 2 aliphatic heterocycles. The minimum absolute atomic E-state index is 0.353. The molecule has 2 aromatic rings. The van der Waals surface area contributed by atoms with E-state index in [0.29, 0.717) is 6.04 Å². The Hall–Kier alpha value is -2.48. The molecule has 0 radical (unpaired) electrons. The van der Waals surface area contributed by atoms with Gasteiger partial charge in [0.25, 0.3) is 0 Å². The van der Waals surface area contributed by atoms with E-state index >= 15 is 0 Å². The van der Waals surface area contributed by atoms with Crippen LogP contribution in [0.5, 0.6) is 5.75 Å². The normalized spacial score (nSPS) is 19.5. The predicted octanol–water partition coefficient (Wildman–Crippen LogP) is 3.13. The van der Waals surface area contributed by atoms with E-state index in [9.17, 15) is 0 Å². The number of para-hydroxylation sites is 2. The number of guanidine groups is 1. The smallest absolute Gasteiger partial charge is 0.191 e. The first-order valence-electron chi connectivity index (χ1n) is 11.3. The molecule has 1 unspecified atom stereocenters. The molecule has 2 fully saturated rings. The quantitative estimate of drug-likeness (QED) is 0.507. The van der Waals surface area contributed by atoms with Crippen molar-refractivity contribution < 1.29 is 4.74 Å². The zero-order valence-corrected chi connectivity index (χ0v) is 19.5. The number of aromatic nitrogens is 1. The van der Waals surface area contributed by atoms with Gasteiger partial charge in [-0.1, -0.05) is 12.1 Å². The Bertz CT molecular complexity index is 863. The van der Waals surface area contributed by atoms with Crippen molar-refractivity contribution in [1.82, 2.24) is 15.6 Å². The van der Waals surface area contributed by atoms with Crippen LogP contribution in [0.25, 0.3) is 0 Å². The number of nitrogens with zero attached hydrogens (tertiary/aromatic N) is 4. The molecule has 7 nitrogen and oxygen atoms in total. The number of piperidine rings is 1. The maximum absolute atomic E-state index is 5.56. The number of nitrogens with one attached hydrogen (secondary N) is 2. The lowest BCUT2D eigenvalue weighted by Gasteiger charge is -2.36. The maximum Gasteiger partial charge on any atom is 0.191 e. The lowest BCUT2D eigenvalue weighted by atomic mass is 10.0. The highest BCUT2D eigenvalue weighted by atomic mass is 32.1. The molecule has 2 saturated heterocycles. The number of thiazole rings is 1. The molecule has 3 heterocycles. The Morgan fingerprint density at radius 1 is 1.19 bits per heavy atom. The van der Waals surface area contributed by atoms with Crippen LogP contribution in [0.1, 0.15) is 31.4 Å². The standard InChI is InChI=1S/C23H34N6OS/c1-24-22(25-12-11-19-17-31-23(27-19)28-13-5-6-14-28)26-18-8-7-15-29(16-18)20-9-3-4-10-21(20)30-2/h3-4,9-10,17-18H,5-8,11-16H2,1-2H3,(H2,24,25,26). The molecular formula is C23H34N6OS. The molecule has 0 spiro atoms. The van der Waals surface area contributed by atoms with Gasteiger partial charge in [0.15, 0.2) is 11.1 Å². The topological polar surface area (TPSA) is 65.0 Å². The van der Waals surface area contributed by atoms with Gasteiger partial charge < -0.3 is 25.2 Å². The third-order valence-electron chi connectivity index (χ3n) is 6.00. The summed E-state index contributed by atoms with van der Waals surface area (Å²) in [6.07, 6.45) is 5.76. The summed E-state index contributed by atoms with van der Waals surface area (Å²) in [4.78, 5) is 14.1. The van der Waals surface area contributed by atoms with Crippen LogP contribution in [0.4, 0.5) is 10.8 Å². The molecule has 0 saturated carbocycles. The molecule has 168 valence electrons. The van der Waals surface area contributed by atoms with E-state index in [4.69, 9.17) is 9.72 Å². The van der Waals surface area contributed by atoms with Gasteiger partial charge >= 0.3 is 0 Å². The first-order chi connectivity index (χ1) is 15.3. The molecule has 1 aromatic carbocycles. The molecule has 8 heteroatoms. The van der Waals surface area contributed by atoms with Gasteiger partial charge in [-0.3, -0.25) is 4.99 Å². The molecule has 4 rings (SSSR count). The second kappa shape index (κ2) is 10.7. The van der Waals surface area contributed by atoms with E-state index in [1.54, 1.807) is 18.4 Å². The maximum atomic E-state index is 5.56. The average Bonchev–Trinajstić information content (AvgIpc) is 3.51. The summed E-state index contributed by atoms with van der Waals surface area (Å²) >= 11 is 1.77. The first-order valence-corrected chi connectivity index (χ1v) is 12.2. The largest absolute Gasteiger partial charge is 0.495 e. The molecular weight excluding hydrogens is 408 g/mol. The molecule has 1 atom stereocenters. The summed E-state index contributed by atoms with van der Waals surface area (Å²) in [5.74, 6) is 1.80. The Kier molecular flexibility index (Phi) is 7.51. The summed E-state index contributed by atoms with van der Waals surface area (Å²) in [7, 11) is 3.57. The lowest BCUT2D eigenvalue weighted by Crippen LogP contribution is -2.51. The van der Waals surface area contributed by atoms with Crippen molar-refractivity contribution in [3.8, 4) is 5.75 Å². The number of benzene rings is 1. The van der Waals surface area contributed by atoms with Gasteiger partial charge in [-0.05, 0) is 37.8 Å². The summed E-state index contributed by atoms with van der Waals surface area (Å²) in [5.41, 5.74) is 2.33. The van der Waals surface area contributed by atoms with Crippen LogP contribution in [0.3, 0.4) is 0 Å². The van der Waals surface area contributed by atoms with Crippen molar-refractivity contribution in [2.45, 2.75) is 38.1 Å². The van der Waals surface area contributed by atoms with Crippen LogP contribution >= 0.6 is 11.3 Å². The van der Waals surface area contributed by atoms with E-state index in [-0.39, 0.29) is 0 Å². The highest BCUT2D eigenvalue weighted by molar-refractivity contribution is 7.13. The number of methoxy groups -OCH3 is 1. The van der Waals surface area contributed by atoms with Crippen LogP contribution in [0.15, 0.2) is 34.6 Å². The van der Waals surface area contributed by atoms with Crippen molar-refractivity contribution >= 4 is 28.1 Å². The second-order valence-corrected chi connectivity index (χ2v) is 9.00. The molecule has 0 aliphatic carbocycles. The van der Waals surface area contributed by atoms with Crippen molar-refractivity contribution in [2.24, 2.45) is 4.99 Å². The Morgan fingerprint density at radius 2 is 2.00 bits per heavy atom. The van der Waals surface area contributed by atoms with Crippen LogP contribution < -0.4 is 25.2 Å². The molecule has 0 amide bonds. The fourth-order valence-electron chi connectivity index (χ4n) is 4.37. The fraction of sp³-hybridized carbons (Fsp3) is 0.565. The second-order valence-electron chi connectivity index (χ2n) is 8.17. The summed E-state index contributed by atoms with van der Waals surface area (Å²) < 4.78 is 5.56. The zero-order valence-electron chi connectivity index (χ0n) is 18.6. The van der Waals surface area contributed by atoms with Gasteiger partial charge in [0, 0.05) is 57.6 Å². The molecule has 1 aromatic heterocycles. The van der Waals surface area contributed by atoms with E-state index in [0.717, 1.165) is 75.1 Å². The van der Waals surface area contributed by atoms with Crippen molar-refractivity contribution in [1.29, 1.82) is 0 Å². The number of anilines is 2. The van der Waals surface area contributed by atoms with Crippen molar-refractivity contribution in [2.75, 3.05) is 56.7 Å². The fourth-order valence-corrected chi connectivity index (χ4v) is 5.28. The minimum atomic E-state index is 0.353. The highest BCUT2D eigenvalue weighted by Crippen LogP contribution is 2.30. The van der Waals surface area contributed by atoms with Gasteiger partial charge in [0.05, 0.1) is 18.5 Å². The van der Waals surface area contributed by atoms with Gasteiger partial charge in [0.2, 0.25) is 0 Å². The Labute approximate surface area is 189 Å². The van der Waals surface area contributed by atoms with Crippen molar-refractivity contribution in [3.05, 3.63) is 35.3 Å². The third-order valence-corrected chi connectivity index (χ3v) is 6.95. The summed E-state index contributed by atoms with van der Waals surface area (Å²) in [6, 6.07) is 8.61. The number of hydrogen-bond donors (Lipinski definition) is 2. The van der Waals surface area contributed by atoms with Crippen LogP contribution in [-0.2, 0) is 6.42 Å². The van der Waals surface area contributed by atoms with Crippen molar-refractivity contribution in [3.63, 3.8) is 0 Å². The number of hydrogen-bond acceptors (Lipinski definition) is 6. The van der Waals surface area contributed by atoms with Gasteiger partial charge in [-0.15, -0.1) is 11.3 Å². The van der Waals surface area contributed by atoms with Crippen LogP contribution in [-0.4, -0.2) is 63.9 Å². The average molecular weight is 443 g/mol. The molecule has 2 N–H and O–H groups in total. The summed E-state index contributed by atoms with van der Waals surface area (Å²) in [5, 5.41) is 10.4. The van der Waals surface area contributed by atoms with E-state index in [1.165, 1.54) is 18.0 Å². The Balaban J connectivity index is 1.26. The van der Waals surface area contributed by atoms with E-state index < -0.39 is 0 Å². The van der Waals surface area contributed by atoms with E-state index in [1.807, 2.05) is 19.2 Å². The number of aliphatic imine (C=N–C) groups is 1. The minimum Gasteiger partial charge on any atom is -0.495 e. The number of ether oxygens (including phenoxy) is 1. The third kappa shape index (κ3) is 5.61. The SMILES string of the molecule is CN=C(NCCc1csc(N2CCCC2)n1)NC1CCCN(c2ccccc2OC)C1. The summed E-state index contributed by atoms with van der Waals surface area (Å²) in [6.45, 7) is 5.11. The Morgan fingerprint density at radius 3 is 2.81 bits per heavy atom. The molecule has 2 aliphatic rings. The van der Waals surface area contributed by atoms with E-state index in [2.05, 4.69) is 42.9 Å². The van der Waals surface area contributed by atoms with Gasteiger partial charge in [-0.25, -0.2) is 4.98 Å². The van der Waals surface area contributed by atoms with Gasteiger partial charge in [0.1, 0.15) is 5.75 Å². The van der Waals surface area contributed by atoms with Gasteiger partial charge in [-0.2, -0.15) is 0 Å².